The second kappa shape index (κ2) is 7.69. The lowest BCUT2D eigenvalue weighted by molar-refractivity contribution is 0.597. The van der Waals surface area contributed by atoms with Crippen LogP contribution in [-0.2, 0) is 22.1 Å². The Morgan fingerprint density at radius 1 is 1.38 bits per heavy atom. The van der Waals surface area contributed by atoms with Crippen LogP contribution in [0.1, 0.15) is 34.4 Å². The average molecular weight is 452 g/mol. The maximum absolute atomic E-state index is 12.5. The van der Waals surface area contributed by atoms with Crippen molar-refractivity contribution in [2.24, 2.45) is 0 Å². The number of H-pyrrole nitrogens is 1. The van der Waals surface area contributed by atoms with Gasteiger partial charge in [-0.3, -0.25) is 4.79 Å². The molecular weight excluding hydrogens is 430 g/mol. The average Bonchev–Trinajstić information content (AvgIpc) is 3.30. The number of allylic oxidation sites excluding steroid dienone is 1. The van der Waals surface area contributed by atoms with Gasteiger partial charge in [-0.05, 0) is 25.8 Å². The molecule has 154 valence electrons. The SMILES string of the molecule is C=CCn1c(SCc2nc3sc(C)c(C)c3c(=O)[nH]2)nnc1C1CCS(=O)(=O)C1. The summed E-state index contributed by atoms with van der Waals surface area (Å²) < 4.78 is 25.6. The molecule has 0 aliphatic carbocycles. The van der Waals surface area contributed by atoms with E-state index in [1.165, 1.54) is 23.1 Å². The number of nitrogens with one attached hydrogen (secondary N) is 1. The van der Waals surface area contributed by atoms with Gasteiger partial charge in [-0.15, -0.1) is 28.1 Å². The summed E-state index contributed by atoms with van der Waals surface area (Å²) in [7, 11) is -3.01. The zero-order chi connectivity index (χ0) is 20.8. The number of thioether (sulfide) groups is 1. The molecule has 0 spiro atoms. The number of rotatable bonds is 6. The summed E-state index contributed by atoms with van der Waals surface area (Å²) in [6.45, 7) is 8.20. The lowest BCUT2D eigenvalue weighted by Crippen LogP contribution is -2.12. The van der Waals surface area contributed by atoms with Crippen LogP contribution >= 0.6 is 23.1 Å². The normalized spacial score (nSPS) is 18.5. The molecule has 0 bridgehead atoms. The van der Waals surface area contributed by atoms with Gasteiger partial charge >= 0.3 is 0 Å². The Morgan fingerprint density at radius 3 is 2.86 bits per heavy atom. The predicted octanol–water partition coefficient (Wildman–Crippen LogP) is 2.57. The van der Waals surface area contributed by atoms with Crippen LogP contribution in [-0.4, -0.2) is 44.7 Å². The van der Waals surface area contributed by atoms with E-state index in [4.69, 9.17) is 0 Å². The molecule has 4 heterocycles. The Balaban J connectivity index is 1.59. The summed E-state index contributed by atoms with van der Waals surface area (Å²) in [6, 6.07) is 0. The summed E-state index contributed by atoms with van der Waals surface area (Å²) in [5.74, 6) is 1.83. The fourth-order valence-electron chi connectivity index (χ4n) is 3.51. The van der Waals surface area contributed by atoms with Crippen LogP contribution in [0, 0.1) is 13.8 Å². The topological polar surface area (TPSA) is 111 Å². The molecule has 3 aromatic rings. The molecule has 1 N–H and O–H groups in total. The third-order valence-corrected chi connectivity index (χ3v) is 8.93. The van der Waals surface area contributed by atoms with Gasteiger partial charge in [0, 0.05) is 17.3 Å². The lowest BCUT2D eigenvalue weighted by Gasteiger charge is -2.11. The summed E-state index contributed by atoms with van der Waals surface area (Å²) in [4.78, 5) is 21.7. The van der Waals surface area contributed by atoms with Crippen molar-refractivity contribution in [2.45, 2.75) is 43.6 Å². The van der Waals surface area contributed by atoms with Crippen molar-refractivity contribution in [3.63, 3.8) is 0 Å². The van der Waals surface area contributed by atoms with Crippen LogP contribution in [0.15, 0.2) is 22.6 Å². The van der Waals surface area contributed by atoms with Crippen molar-refractivity contribution in [2.75, 3.05) is 11.5 Å². The molecule has 0 aromatic carbocycles. The number of thiophene rings is 1. The maximum atomic E-state index is 12.5. The van der Waals surface area contributed by atoms with Gasteiger partial charge in [0.2, 0.25) is 0 Å². The van der Waals surface area contributed by atoms with E-state index in [9.17, 15) is 13.2 Å². The molecule has 8 nitrogen and oxygen atoms in total. The Bertz CT molecular complexity index is 1260. The van der Waals surface area contributed by atoms with Crippen LogP contribution in [0.3, 0.4) is 0 Å². The molecule has 3 aromatic heterocycles. The molecule has 1 unspecified atom stereocenters. The summed E-state index contributed by atoms with van der Waals surface area (Å²) in [5.41, 5.74) is 0.844. The van der Waals surface area contributed by atoms with Gasteiger partial charge in [0.1, 0.15) is 16.5 Å². The molecule has 0 saturated carbocycles. The summed E-state index contributed by atoms with van der Waals surface area (Å²) in [5, 5.41) is 9.84. The highest BCUT2D eigenvalue weighted by Crippen LogP contribution is 2.31. The molecule has 11 heteroatoms. The number of fused-ring (bicyclic) bond motifs is 1. The Kier molecular flexibility index (Phi) is 5.38. The minimum atomic E-state index is -3.01. The monoisotopic (exact) mass is 451 g/mol. The van der Waals surface area contributed by atoms with Gasteiger partial charge in [0.05, 0.1) is 22.6 Å². The zero-order valence-electron chi connectivity index (χ0n) is 16.1. The molecule has 1 aliphatic heterocycles. The Labute approximate surface area is 176 Å². The number of sulfone groups is 1. The first-order valence-electron chi connectivity index (χ1n) is 9.15. The highest BCUT2D eigenvalue weighted by atomic mass is 32.2. The largest absolute Gasteiger partial charge is 0.309 e. The predicted molar refractivity (Wildman–Crippen MR) is 116 cm³/mol. The van der Waals surface area contributed by atoms with E-state index < -0.39 is 9.84 Å². The van der Waals surface area contributed by atoms with Crippen molar-refractivity contribution >= 4 is 43.2 Å². The van der Waals surface area contributed by atoms with Crippen LogP contribution in [0.2, 0.25) is 0 Å². The molecule has 4 rings (SSSR count). The maximum Gasteiger partial charge on any atom is 0.259 e. The third kappa shape index (κ3) is 3.90. The first kappa shape index (κ1) is 20.3. The fourth-order valence-corrected chi connectivity index (χ4v) is 7.12. The second-order valence-corrected chi connectivity index (χ2v) is 11.5. The van der Waals surface area contributed by atoms with Gasteiger partial charge in [-0.25, -0.2) is 13.4 Å². The molecule has 1 aliphatic rings. The summed E-state index contributed by atoms with van der Waals surface area (Å²) >= 11 is 2.93. The van der Waals surface area contributed by atoms with Crippen LogP contribution in [0.25, 0.3) is 10.2 Å². The highest BCUT2D eigenvalue weighted by molar-refractivity contribution is 7.98. The zero-order valence-corrected chi connectivity index (χ0v) is 18.6. The fraction of sp³-hybridized carbons (Fsp3) is 0.444. The Morgan fingerprint density at radius 2 is 2.17 bits per heavy atom. The second-order valence-electron chi connectivity index (χ2n) is 7.10. The van der Waals surface area contributed by atoms with Crippen LogP contribution < -0.4 is 5.56 Å². The minimum absolute atomic E-state index is 0.107. The lowest BCUT2D eigenvalue weighted by atomic mass is 10.1. The van der Waals surface area contributed by atoms with Crippen molar-refractivity contribution in [3.8, 4) is 0 Å². The van der Waals surface area contributed by atoms with E-state index in [2.05, 4.69) is 26.7 Å². The van der Waals surface area contributed by atoms with Crippen molar-refractivity contribution in [1.29, 1.82) is 0 Å². The number of aromatic amines is 1. The molecule has 1 atom stereocenters. The third-order valence-electron chi connectivity index (χ3n) is 5.08. The smallest absolute Gasteiger partial charge is 0.259 e. The Hall–Kier alpha value is -1.98. The number of nitrogens with zero attached hydrogens (tertiary/aromatic N) is 4. The van der Waals surface area contributed by atoms with Gasteiger partial charge in [-0.2, -0.15) is 0 Å². The van der Waals surface area contributed by atoms with Crippen LogP contribution in [0.4, 0.5) is 0 Å². The van der Waals surface area contributed by atoms with E-state index in [0.717, 1.165) is 15.3 Å². The van der Waals surface area contributed by atoms with Gasteiger partial charge in [0.25, 0.3) is 5.56 Å². The van der Waals surface area contributed by atoms with Crippen molar-refractivity contribution in [3.05, 3.63) is 45.1 Å². The molecule has 0 amide bonds. The molecular formula is C18H21N5O3S3. The van der Waals surface area contributed by atoms with E-state index >= 15 is 0 Å². The van der Waals surface area contributed by atoms with Gasteiger partial charge < -0.3 is 9.55 Å². The van der Waals surface area contributed by atoms with E-state index in [0.29, 0.717) is 40.9 Å². The number of aryl methyl sites for hydroxylation is 2. The number of aromatic nitrogens is 5. The molecule has 0 radical (unpaired) electrons. The van der Waals surface area contributed by atoms with Crippen LogP contribution in [0.5, 0.6) is 0 Å². The van der Waals surface area contributed by atoms with Crippen molar-refractivity contribution < 1.29 is 8.42 Å². The highest BCUT2D eigenvalue weighted by Gasteiger charge is 2.33. The minimum Gasteiger partial charge on any atom is -0.309 e. The van der Waals surface area contributed by atoms with Gasteiger partial charge in [-0.1, -0.05) is 17.8 Å². The quantitative estimate of drug-likeness (QED) is 0.453. The van der Waals surface area contributed by atoms with E-state index in [1.54, 1.807) is 6.08 Å². The van der Waals surface area contributed by atoms with E-state index in [-0.39, 0.29) is 23.0 Å². The molecule has 29 heavy (non-hydrogen) atoms. The summed E-state index contributed by atoms with van der Waals surface area (Å²) in [6.07, 6.45) is 2.30. The number of hydrogen-bond acceptors (Lipinski definition) is 8. The van der Waals surface area contributed by atoms with Crippen molar-refractivity contribution in [1.82, 2.24) is 24.7 Å². The van der Waals surface area contributed by atoms with E-state index in [1.807, 2.05) is 18.4 Å². The first-order chi connectivity index (χ1) is 13.8. The van der Waals surface area contributed by atoms with Gasteiger partial charge in [0.15, 0.2) is 15.0 Å². The number of hydrogen-bond donors (Lipinski definition) is 1. The molecule has 1 fully saturated rings. The molecule has 1 saturated heterocycles. The standard InChI is InChI=1S/C18H21N5O3S3/c1-4-6-23-15(12-5-7-29(25,26)9-12)21-22-18(23)27-8-13-19-16(24)14-10(2)11(3)28-17(14)20-13/h4,12H,1,5-9H2,2-3H3,(H,19,20,24). The first-order valence-corrected chi connectivity index (χ1v) is 12.8.